The summed E-state index contributed by atoms with van der Waals surface area (Å²) in [5, 5.41) is 20.1. The van der Waals surface area contributed by atoms with Crippen molar-refractivity contribution in [3.8, 4) is 0 Å². The molecule has 2 N–H and O–H groups in total. The number of aliphatic hydroxyl groups excluding tert-OH is 2. The number of rotatable bonds is 8. The maximum absolute atomic E-state index is 10.2. The van der Waals surface area contributed by atoms with Crippen molar-refractivity contribution < 1.29 is 14.9 Å². The quantitative estimate of drug-likeness (QED) is 0.719. The van der Waals surface area contributed by atoms with Crippen LogP contribution in [0, 0.1) is 11.8 Å². The third kappa shape index (κ3) is 5.08. The highest BCUT2D eigenvalue weighted by Gasteiger charge is 2.27. The molecule has 112 valence electrons. The Balaban J connectivity index is 2.38. The third-order valence-electron chi connectivity index (χ3n) is 3.62. The fraction of sp³-hybridized carbons (Fsp3) is 0.529. The maximum atomic E-state index is 10.2. The van der Waals surface area contributed by atoms with Gasteiger partial charge in [-0.1, -0.05) is 56.3 Å². The second-order valence-electron chi connectivity index (χ2n) is 5.62. The van der Waals surface area contributed by atoms with Gasteiger partial charge in [-0.2, -0.15) is 0 Å². The van der Waals surface area contributed by atoms with E-state index in [1.807, 2.05) is 44.2 Å². The zero-order chi connectivity index (χ0) is 15.1. The highest BCUT2D eigenvalue weighted by Crippen LogP contribution is 2.20. The molecule has 0 aromatic heterocycles. The van der Waals surface area contributed by atoms with Gasteiger partial charge < -0.3 is 14.9 Å². The minimum Gasteiger partial charge on any atom is -0.392 e. The van der Waals surface area contributed by atoms with Crippen LogP contribution in [0.25, 0.3) is 0 Å². The lowest BCUT2D eigenvalue weighted by Gasteiger charge is -2.28. The zero-order valence-electron chi connectivity index (χ0n) is 12.6. The fourth-order valence-corrected chi connectivity index (χ4v) is 2.19. The van der Waals surface area contributed by atoms with Gasteiger partial charge in [-0.25, -0.2) is 0 Å². The van der Waals surface area contributed by atoms with E-state index in [2.05, 4.69) is 6.58 Å². The van der Waals surface area contributed by atoms with Crippen molar-refractivity contribution in [1.82, 2.24) is 0 Å². The molecular formula is C17H26O3. The Kier molecular flexibility index (Phi) is 6.93. The van der Waals surface area contributed by atoms with Crippen LogP contribution in [0.4, 0.5) is 0 Å². The number of hydrogen-bond acceptors (Lipinski definition) is 3. The van der Waals surface area contributed by atoms with Crippen molar-refractivity contribution in [3.05, 3.63) is 48.0 Å². The summed E-state index contributed by atoms with van der Waals surface area (Å²) in [5.41, 5.74) is 1.79. The van der Waals surface area contributed by atoms with Crippen molar-refractivity contribution in [3.63, 3.8) is 0 Å². The Morgan fingerprint density at radius 3 is 2.35 bits per heavy atom. The standard InChI is InChI=1S/C17H26O3/c1-12(2)16(18)14(4)17(19)13(3)10-20-11-15-8-6-5-7-9-15/h5-9,13-14,16-19H,1,10-11H2,2-4H3/t13-,14+,16-,17-/m1/s1. The van der Waals surface area contributed by atoms with Crippen LogP contribution in [-0.2, 0) is 11.3 Å². The first-order valence-electron chi connectivity index (χ1n) is 7.06. The van der Waals surface area contributed by atoms with Gasteiger partial charge in [0.1, 0.15) is 0 Å². The van der Waals surface area contributed by atoms with Gasteiger partial charge in [0.25, 0.3) is 0 Å². The van der Waals surface area contributed by atoms with Crippen LogP contribution in [0.3, 0.4) is 0 Å². The molecule has 1 aromatic rings. The summed E-state index contributed by atoms with van der Waals surface area (Å²) in [6, 6.07) is 9.93. The Bertz CT molecular complexity index is 402. The number of aliphatic hydroxyl groups is 2. The topological polar surface area (TPSA) is 49.7 Å². The molecule has 0 spiro atoms. The van der Waals surface area contributed by atoms with E-state index in [9.17, 15) is 10.2 Å². The van der Waals surface area contributed by atoms with E-state index in [-0.39, 0.29) is 11.8 Å². The molecule has 0 aliphatic rings. The summed E-state index contributed by atoms with van der Waals surface area (Å²) in [6.45, 7) is 10.3. The zero-order valence-corrected chi connectivity index (χ0v) is 12.6. The lowest BCUT2D eigenvalue weighted by molar-refractivity contribution is -0.0253. The van der Waals surface area contributed by atoms with Crippen LogP contribution in [0.15, 0.2) is 42.5 Å². The predicted octanol–water partition coefficient (Wildman–Crippen LogP) is 2.77. The van der Waals surface area contributed by atoms with Gasteiger partial charge in [-0.05, 0) is 12.5 Å². The number of benzene rings is 1. The van der Waals surface area contributed by atoms with Gasteiger partial charge in [0.2, 0.25) is 0 Å². The molecule has 3 nitrogen and oxygen atoms in total. The highest BCUT2D eigenvalue weighted by molar-refractivity contribution is 5.13. The first kappa shape index (κ1) is 16.9. The molecule has 0 heterocycles. The van der Waals surface area contributed by atoms with Crippen LogP contribution < -0.4 is 0 Å². The van der Waals surface area contributed by atoms with Crippen LogP contribution in [0.1, 0.15) is 26.3 Å². The van der Waals surface area contributed by atoms with E-state index in [4.69, 9.17) is 4.74 Å². The molecule has 0 fully saturated rings. The SMILES string of the molecule is C=C(C)[C@@H](O)[C@H](C)[C@H](O)[C@H](C)COCc1ccccc1. The van der Waals surface area contributed by atoms with E-state index < -0.39 is 12.2 Å². The molecule has 0 amide bonds. The fourth-order valence-electron chi connectivity index (χ4n) is 2.19. The molecule has 0 saturated heterocycles. The predicted molar refractivity (Wildman–Crippen MR) is 81.3 cm³/mol. The molecule has 1 rings (SSSR count). The maximum Gasteiger partial charge on any atom is 0.0795 e. The first-order chi connectivity index (χ1) is 9.43. The second-order valence-corrected chi connectivity index (χ2v) is 5.62. The van der Waals surface area contributed by atoms with Crippen LogP contribution in [0.2, 0.25) is 0 Å². The average Bonchev–Trinajstić information content (AvgIpc) is 2.45. The van der Waals surface area contributed by atoms with Gasteiger partial charge in [0, 0.05) is 11.8 Å². The lowest BCUT2D eigenvalue weighted by atomic mass is 9.87. The first-order valence-corrected chi connectivity index (χ1v) is 7.06. The number of hydrogen-bond donors (Lipinski definition) is 2. The van der Waals surface area contributed by atoms with E-state index >= 15 is 0 Å². The summed E-state index contributed by atoms with van der Waals surface area (Å²) >= 11 is 0. The van der Waals surface area contributed by atoms with Gasteiger partial charge in [-0.15, -0.1) is 0 Å². The van der Waals surface area contributed by atoms with E-state index in [0.29, 0.717) is 18.8 Å². The van der Waals surface area contributed by atoms with Gasteiger partial charge in [-0.3, -0.25) is 0 Å². The molecule has 0 aliphatic heterocycles. The molecular weight excluding hydrogens is 252 g/mol. The molecule has 0 saturated carbocycles. The monoisotopic (exact) mass is 278 g/mol. The minimum absolute atomic E-state index is 0.0392. The summed E-state index contributed by atoms with van der Waals surface area (Å²) in [4.78, 5) is 0. The molecule has 0 bridgehead atoms. The summed E-state index contributed by atoms with van der Waals surface area (Å²) in [6.07, 6.45) is -1.29. The normalized spacial score (nSPS) is 17.2. The Morgan fingerprint density at radius 1 is 1.20 bits per heavy atom. The second kappa shape index (κ2) is 8.20. The minimum atomic E-state index is -0.679. The summed E-state index contributed by atoms with van der Waals surface area (Å²) < 4.78 is 5.63. The largest absolute Gasteiger partial charge is 0.392 e. The third-order valence-corrected chi connectivity index (χ3v) is 3.62. The average molecular weight is 278 g/mol. The van der Waals surface area contributed by atoms with Crippen LogP contribution >= 0.6 is 0 Å². The van der Waals surface area contributed by atoms with Crippen molar-refractivity contribution in [1.29, 1.82) is 0 Å². The van der Waals surface area contributed by atoms with Crippen LogP contribution in [0.5, 0.6) is 0 Å². The molecule has 20 heavy (non-hydrogen) atoms. The Hall–Kier alpha value is -1.16. The molecule has 1 aromatic carbocycles. The van der Waals surface area contributed by atoms with Gasteiger partial charge >= 0.3 is 0 Å². The van der Waals surface area contributed by atoms with Crippen molar-refractivity contribution >= 4 is 0 Å². The van der Waals surface area contributed by atoms with E-state index in [1.54, 1.807) is 6.92 Å². The molecule has 0 aliphatic carbocycles. The number of ether oxygens (including phenoxy) is 1. The Morgan fingerprint density at radius 2 is 1.80 bits per heavy atom. The van der Waals surface area contributed by atoms with Crippen LogP contribution in [-0.4, -0.2) is 29.0 Å². The van der Waals surface area contributed by atoms with Gasteiger partial charge in [0.05, 0.1) is 25.4 Å². The molecule has 3 heteroatoms. The van der Waals surface area contributed by atoms with Crippen molar-refractivity contribution in [2.75, 3.05) is 6.61 Å². The summed E-state index contributed by atoms with van der Waals surface area (Å²) in [5.74, 6) is -0.287. The smallest absolute Gasteiger partial charge is 0.0795 e. The molecule has 0 radical (unpaired) electrons. The summed E-state index contributed by atoms with van der Waals surface area (Å²) in [7, 11) is 0. The lowest BCUT2D eigenvalue weighted by Crippen LogP contribution is -2.36. The van der Waals surface area contributed by atoms with Crippen molar-refractivity contribution in [2.45, 2.75) is 39.6 Å². The van der Waals surface area contributed by atoms with Crippen molar-refractivity contribution in [2.24, 2.45) is 11.8 Å². The van der Waals surface area contributed by atoms with Gasteiger partial charge in [0.15, 0.2) is 0 Å². The molecule has 0 unspecified atom stereocenters. The van der Waals surface area contributed by atoms with E-state index in [0.717, 1.165) is 5.56 Å². The highest BCUT2D eigenvalue weighted by atomic mass is 16.5. The molecule has 4 atom stereocenters. The Labute approximate surface area is 121 Å². The van der Waals surface area contributed by atoms with E-state index in [1.165, 1.54) is 0 Å².